The van der Waals surface area contributed by atoms with Crippen LogP contribution in [-0.4, -0.2) is 33.6 Å². The third-order valence-corrected chi connectivity index (χ3v) is 2.96. The van der Waals surface area contributed by atoms with Crippen LogP contribution in [0.2, 0.25) is 0 Å². The van der Waals surface area contributed by atoms with Gasteiger partial charge in [-0.2, -0.15) is 0 Å². The van der Waals surface area contributed by atoms with Gasteiger partial charge in [0.25, 0.3) is 0 Å². The molecule has 0 unspecified atom stereocenters. The van der Waals surface area contributed by atoms with Crippen LogP contribution in [0, 0.1) is 0 Å². The van der Waals surface area contributed by atoms with E-state index in [1.165, 1.54) is 0 Å². The summed E-state index contributed by atoms with van der Waals surface area (Å²) in [4.78, 5) is 7.44. The summed E-state index contributed by atoms with van der Waals surface area (Å²) in [6.07, 6.45) is 7.03. The lowest BCUT2D eigenvalue weighted by atomic mass is 10.1. The van der Waals surface area contributed by atoms with Crippen LogP contribution in [-0.2, 0) is 4.84 Å². The first-order valence-electron chi connectivity index (χ1n) is 4.61. The number of nitrogens with zero attached hydrogens (tertiary/aromatic N) is 3. The number of hydrogen-bond acceptors (Lipinski definition) is 5. The van der Waals surface area contributed by atoms with Crippen molar-refractivity contribution in [3.63, 3.8) is 0 Å². The van der Waals surface area contributed by atoms with E-state index in [-0.39, 0.29) is 5.60 Å². The summed E-state index contributed by atoms with van der Waals surface area (Å²) >= 11 is 1.70. The molecule has 0 aromatic heterocycles. The summed E-state index contributed by atoms with van der Waals surface area (Å²) in [5.74, 6) is 1.02. The zero-order valence-electron chi connectivity index (χ0n) is 8.73. The second kappa shape index (κ2) is 3.38. The Morgan fingerprint density at radius 1 is 1.50 bits per heavy atom. The fourth-order valence-corrected chi connectivity index (χ4v) is 1.88. The summed E-state index contributed by atoms with van der Waals surface area (Å²) in [5.41, 5.74) is -0.143. The Hall–Kier alpha value is -0.840. The first kappa shape index (κ1) is 9.71. The Labute approximate surface area is 88.7 Å². The van der Waals surface area contributed by atoms with Gasteiger partial charge in [0.05, 0.1) is 6.42 Å². The largest absolute Gasteiger partial charge is 0.388 e. The molecular formula is C9H15N3OS. The van der Waals surface area contributed by atoms with Gasteiger partial charge in [-0.3, -0.25) is 0 Å². The van der Waals surface area contributed by atoms with Crippen molar-refractivity contribution >= 4 is 17.8 Å². The fourth-order valence-electron chi connectivity index (χ4n) is 1.46. The fraction of sp³-hybridized carbons (Fsp3) is 0.667. The van der Waals surface area contributed by atoms with Crippen LogP contribution in [0.25, 0.3) is 0 Å². The molecule has 0 amide bonds. The van der Waals surface area contributed by atoms with Crippen LogP contribution in [0.15, 0.2) is 17.6 Å². The lowest BCUT2D eigenvalue weighted by Crippen LogP contribution is -2.29. The molecule has 0 fully saturated rings. The van der Waals surface area contributed by atoms with Crippen molar-refractivity contribution in [2.75, 3.05) is 12.9 Å². The van der Waals surface area contributed by atoms with Crippen LogP contribution < -0.4 is 0 Å². The SMILES string of the molecule is CSN1C=CN(C2=NOC(C)(C)C2)C1. The normalized spacial score (nSPS) is 24.1. The van der Waals surface area contributed by atoms with Gasteiger partial charge in [-0.05, 0) is 13.8 Å². The molecule has 5 heteroatoms. The molecule has 0 saturated heterocycles. The molecule has 0 saturated carbocycles. The maximum Gasteiger partial charge on any atom is 0.154 e. The molecule has 78 valence electrons. The minimum atomic E-state index is -0.143. The summed E-state index contributed by atoms with van der Waals surface area (Å²) < 4.78 is 2.15. The van der Waals surface area contributed by atoms with E-state index in [9.17, 15) is 0 Å². The van der Waals surface area contributed by atoms with Gasteiger partial charge in [-0.1, -0.05) is 17.1 Å². The summed E-state index contributed by atoms with van der Waals surface area (Å²) in [6.45, 7) is 4.96. The summed E-state index contributed by atoms with van der Waals surface area (Å²) in [6, 6.07) is 0. The third-order valence-electron chi connectivity index (χ3n) is 2.25. The molecule has 4 nitrogen and oxygen atoms in total. The Balaban J connectivity index is 1.96. The Morgan fingerprint density at radius 3 is 2.79 bits per heavy atom. The molecule has 2 rings (SSSR count). The molecule has 0 aliphatic carbocycles. The maximum atomic E-state index is 5.32. The average molecular weight is 213 g/mol. The van der Waals surface area contributed by atoms with E-state index in [1.807, 2.05) is 6.20 Å². The van der Waals surface area contributed by atoms with Crippen LogP contribution in [0.5, 0.6) is 0 Å². The second-order valence-electron chi connectivity index (χ2n) is 4.04. The van der Waals surface area contributed by atoms with Gasteiger partial charge in [0.1, 0.15) is 12.3 Å². The number of amidine groups is 1. The van der Waals surface area contributed by atoms with E-state index in [1.54, 1.807) is 11.9 Å². The predicted molar refractivity (Wildman–Crippen MR) is 58.4 cm³/mol. The second-order valence-corrected chi connectivity index (χ2v) is 4.88. The zero-order chi connectivity index (χ0) is 10.2. The van der Waals surface area contributed by atoms with Crippen molar-refractivity contribution < 1.29 is 4.84 Å². The Kier molecular flexibility index (Phi) is 2.34. The highest BCUT2D eigenvalue weighted by molar-refractivity contribution is 7.96. The number of rotatable bonds is 1. The molecule has 0 atom stereocenters. The highest BCUT2D eigenvalue weighted by atomic mass is 32.2. The molecule has 0 aromatic carbocycles. The molecule has 2 heterocycles. The minimum Gasteiger partial charge on any atom is -0.388 e. The van der Waals surface area contributed by atoms with Crippen LogP contribution in [0.4, 0.5) is 0 Å². The van der Waals surface area contributed by atoms with Gasteiger partial charge in [-0.25, -0.2) is 0 Å². The zero-order valence-corrected chi connectivity index (χ0v) is 9.54. The lowest BCUT2D eigenvalue weighted by molar-refractivity contribution is 0.0123. The third kappa shape index (κ3) is 1.82. The predicted octanol–water partition coefficient (Wildman–Crippen LogP) is 1.82. The van der Waals surface area contributed by atoms with Crippen LogP contribution >= 0.6 is 11.9 Å². The van der Waals surface area contributed by atoms with Crippen molar-refractivity contribution in [3.8, 4) is 0 Å². The standard InChI is InChI=1S/C9H15N3OS/c1-9(2)6-8(10-13-9)11-4-5-12(7-11)14-3/h4-5H,6-7H2,1-3H3. The highest BCUT2D eigenvalue weighted by Gasteiger charge is 2.32. The number of hydrogen-bond donors (Lipinski definition) is 0. The van der Waals surface area contributed by atoms with Crippen molar-refractivity contribution in [1.82, 2.24) is 9.21 Å². The molecule has 0 aromatic rings. The van der Waals surface area contributed by atoms with E-state index in [0.29, 0.717) is 0 Å². The maximum absolute atomic E-state index is 5.32. The smallest absolute Gasteiger partial charge is 0.154 e. The molecule has 2 aliphatic heterocycles. The quantitative estimate of drug-likeness (QED) is 0.621. The minimum absolute atomic E-state index is 0.143. The van der Waals surface area contributed by atoms with Gasteiger partial charge < -0.3 is 14.0 Å². The molecule has 0 N–H and O–H groups in total. The first-order chi connectivity index (χ1) is 6.61. The van der Waals surface area contributed by atoms with Gasteiger partial charge in [0, 0.05) is 18.7 Å². The molecule has 2 aliphatic rings. The Morgan fingerprint density at radius 2 is 2.29 bits per heavy atom. The highest BCUT2D eigenvalue weighted by Crippen LogP contribution is 2.26. The van der Waals surface area contributed by atoms with E-state index < -0.39 is 0 Å². The van der Waals surface area contributed by atoms with E-state index >= 15 is 0 Å². The van der Waals surface area contributed by atoms with E-state index in [0.717, 1.165) is 18.9 Å². The van der Waals surface area contributed by atoms with Crippen LogP contribution in [0.1, 0.15) is 20.3 Å². The van der Waals surface area contributed by atoms with Gasteiger partial charge >= 0.3 is 0 Å². The first-order valence-corrected chi connectivity index (χ1v) is 5.80. The molecule has 14 heavy (non-hydrogen) atoms. The summed E-state index contributed by atoms with van der Waals surface area (Å²) in [7, 11) is 0. The van der Waals surface area contributed by atoms with Crippen molar-refractivity contribution in [1.29, 1.82) is 0 Å². The van der Waals surface area contributed by atoms with Gasteiger partial charge in [0.15, 0.2) is 5.84 Å². The summed E-state index contributed by atoms with van der Waals surface area (Å²) in [5, 5.41) is 4.09. The number of oxime groups is 1. The topological polar surface area (TPSA) is 28.1 Å². The molecule has 0 bridgehead atoms. The van der Waals surface area contributed by atoms with E-state index in [2.05, 4.69) is 40.7 Å². The van der Waals surface area contributed by atoms with Crippen molar-refractivity contribution in [2.24, 2.45) is 5.16 Å². The lowest BCUT2D eigenvalue weighted by Gasteiger charge is -2.19. The molecular weight excluding hydrogens is 198 g/mol. The Bertz CT molecular complexity index is 288. The van der Waals surface area contributed by atoms with Gasteiger partial charge in [-0.15, -0.1) is 0 Å². The van der Waals surface area contributed by atoms with Crippen molar-refractivity contribution in [3.05, 3.63) is 12.4 Å². The molecule has 0 spiro atoms. The molecule has 0 radical (unpaired) electrons. The van der Waals surface area contributed by atoms with E-state index in [4.69, 9.17) is 4.84 Å². The van der Waals surface area contributed by atoms with Crippen molar-refractivity contribution in [2.45, 2.75) is 25.9 Å². The van der Waals surface area contributed by atoms with Gasteiger partial charge in [0.2, 0.25) is 0 Å². The average Bonchev–Trinajstić information content (AvgIpc) is 2.70. The monoisotopic (exact) mass is 213 g/mol. The van der Waals surface area contributed by atoms with Crippen LogP contribution in [0.3, 0.4) is 0 Å².